The van der Waals surface area contributed by atoms with Crippen molar-refractivity contribution in [1.82, 2.24) is 14.9 Å². The Hall–Kier alpha value is -1.29. The van der Waals surface area contributed by atoms with Crippen molar-refractivity contribution in [1.29, 1.82) is 0 Å². The van der Waals surface area contributed by atoms with Crippen LogP contribution in [0, 0.1) is 0 Å². The van der Waals surface area contributed by atoms with E-state index >= 15 is 0 Å². The molecule has 0 unspecified atom stereocenters. The van der Waals surface area contributed by atoms with Crippen molar-refractivity contribution in [2.45, 2.75) is 31.2 Å². The summed E-state index contributed by atoms with van der Waals surface area (Å²) in [5, 5.41) is 0. The van der Waals surface area contributed by atoms with E-state index in [1.54, 1.807) is 18.6 Å². The van der Waals surface area contributed by atoms with Gasteiger partial charge in [0, 0.05) is 12.4 Å². The minimum Gasteiger partial charge on any atom is -0.297 e. The molecule has 0 N–H and O–H groups in total. The first kappa shape index (κ1) is 11.2. The summed E-state index contributed by atoms with van der Waals surface area (Å²) < 4.78 is 0. The Kier molecular flexibility index (Phi) is 3.01. The summed E-state index contributed by atoms with van der Waals surface area (Å²) in [5.74, 6) is 0.114. The third-order valence-electron chi connectivity index (χ3n) is 3.51. The second kappa shape index (κ2) is 4.29. The Bertz CT molecular complexity index is 369. The molecule has 86 valence electrons. The van der Waals surface area contributed by atoms with E-state index in [4.69, 9.17) is 0 Å². The van der Waals surface area contributed by atoms with Gasteiger partial charge >= 0.3 is 0 Å². The predicted octanol–water partition coefficient (Wildman–Crippen LogP) is 1.53. The lowest BCUT2D eigenvalue weighted by Crippen LogP contribution is -2.49. The summed E-state index contributed by atoms with van der Waals surface area (Å²) in [4.78, 5) is 22.6. The van der Waals surface area contributed by atoms with Gasteiger partial charge < -0.3 is 0 Å². The molecule has 1 aliphatic rings. The average molecular weight is 219 g/mol. The van der Waals surface area contributed by atoms with Crippen LogP contribution in [0.15, 0.2) is 18.6 Å². The van der Waals surface area contributed by atoms with Gasteiger partial charge in [0.15, 0.2) is 0 Å². The number of ketones is 1. The summed E-state index contributed by atoms with van der Waals surface area (Å²) in [5.41, 5.74) is 0.133. The summed E-state index contributed by atoms with van der Waals surface area (Å²) in [6.45, 7) is 0. The Morgan fingerprint density at radius 3 is 2.50 bits per heavy atom. The minimum atomic E-state index is -0.351. The maximum atomic E-state index is 12.5. The molecule has 0 spiro atoms. The normalized spacial score (nSPS) is 18.9. The predicted molar refractivity (Wildman–Crippen MR) is 61.2 cm³/mol. The molecule has 0 amide bonds. The molecule has 0 aromatic carbocycles. The largest absolute Gasteiger partial charge is 0.297 e. The lowest BCUT2D eigenvalue weighted by Gasteiger charge is -2.34. The summed E-state index contributed by atoms with van der Waals surface area (Å²) >= 11 is 0. The smallest absolute Gasteiger partial charge is 0.202 e. The van der Waals surface area contributed by atoms with Gasteiger partial charge in [0.05, 0.1) is 11.7 Å². The van der Waals surface area contributed by atoms with Gasteiger partial charge in [0.1, 0.15) is 5.69 Å². The van der Waals surface area contributed by atoms with Crippen LogP contribution in [0.5, 0.6) is 0 Å². The van der Waals surface area contributed by atoms with Crippen molar-refractivity contribution in [3.8, 4) is 0 Å². The van der Waals surface area contributed by atoms with Crippen molar-refractivity contribution >= 4 is 5.78 Å². The highest BCUT2D eigenvalue weighted by Crippen LogP contribution is 2.36. The van der Waals surface area contributed by atoms with Gasteiger partial charge in [-0.05, 0) is 26.9 Å². The van der Waals surface area contributed by atoms with Crippen molar-refractivity contribution < 1.29 is 4.79 Å². The summed E-state index contributed by atoms with van der Waals surface area (Å²) in [6, 6.07) is 0. The Balaban J connectivity index is 2.32. The molecular weight excluding hydrogens is 202 g/mol. The number of likely N-dealkylation sites (N-methyl/N-ethyl adjacent to an activating group) is 1. The van der Waals surface area contributed by atoms with Crippen LogP contribution in [0.3, 0.4) is 0 Å². The van der Waals surface area contributed by atoms with Gasteiger partial charge in [0.2, 0.25) is 5.78 Å². The topological polar surface area (TPSA) is 46.1 Å². The van der Waals surface area contributed by atoms with Crippen LogP contribution in [-0.4, -0.2) is 40.3 Å². The van der Waals surface area contributed by atoms with E-state index in [1.165, 1.54) is 0 Å². The second-order valence-electron chi connectivity index (χ2n) is 4.55. The van der Waals surface area contributed by atoms with Gasteiger partial charge in [0.25, 0.3) is 0 Å². The molecule has 1 aromatic heterocycles. The van der Waals surface area contributed by atoms with Gasteiger partial charge in [-0.1, -0.05) is 12.8 Å². The number of Topliss-reactive ketones (excluding diaryl/α,β-unsaturated/α-hetero) is 1. The molecule has 0 atom stereocenters. The molecule has 4 heteroatoms. The van der Waals surface area contributed by atoms with E-state index in [1.807, 2.05) is 19.0 Å². The van der Waals surface area contributed by atoms with Crippen LogP contribution in [0.25, 0.3) is 0 Å². The highest BCUT2D eigenvalue weighted by atomic mass is 16.1. The number of carbonyl (C=O) groups excluding carboxylic acids is 1. The molecule has 1 saturated carbocycles. The lowest BCUT2D eigenvalue weighted by atomic mass is 9.89. The molecule has 0 bridgehead atoms. The van der Waals surface area contributed by atoms with Crippen molar-refractivity contribution in [2.75, 3.05) is 14.1 Å². The molecule has 1 heterocycles. The van der Waals surface area contributed by atoms with Gasteiger partial charge in [-0.25, -0.2) is 4.98 Å². The van der Waals surface area contributed by atoms with Crippen molar-refractivity contribution in [2.24, 2.45) is 0 Å². The number of aromatic nitrogens is 2. The molecule has 16 heavy (non-hydrogen) atoms. The molecule has 0 aliphatic heterocycles. The first-order valence-electron chi connectivity index (χ1n) is 5.65. The quantitative estimate of drug-likeness (QED) is 0.723. The van der Waals surface area contributed by atoms with Crippen LogP contribution in [0.4, 0.5) is 0 Å². The number of hydrogen-bond acceptors (Lipinski definition) is 4. The maximum Gasteiger partial charge on any atom is 0.202 e. The summed E-state index contributed by atoms with van der Waals surface area (Å²) in [7, 11) is 3.94. The van der Waals surface area contributed by atoms with Crippen LogP contribution in [0.2, 0.25) is 0 Å². The van der Waals surface area contributed by atoms with E-state index in [9.17, 15) is 4.79 Å². The van der Waals surface area contributed by atoms with Crippen molar-refractivity contribution in [3.63, 3.8) is 0 Å². The average Bonchev–Trinajstić information content (AvgIpc) is 2.79. The Labute approximate surface area is 95.7 Å². The SMILES string of the molecule is CN(C)C1(C(=O)c2cnccn2)CCCC1. The zero-order chi connectivity index (χ0) is 11.6. The Morgan fingerprint density at radius 2 is 2.00 bits per heavy atom. The van der Waals surface area contributed by atoms with Crippen LogP contribution < -0.4 is 0 Å². The fourth-order valence-corrected chi connectivity index (χ4v) is 2.49. The minimum absolute atomic E-state index is 0.114. The fraction of sp³-hybridized carbons (Fsp3) is 0.583. The second-order valence-corrected chi connectivity index (χ2v) is 4.55. The van der Waals surface area contributed by atoms with Crippen LogP contribution in [0.1, 0.15) is 36.2 Å². The molecule has 0 radical (unpaired) electrons. The number of rotatable bonds is 3. The third-order valence-corrected chi connectivity index (χ3v) is 3.51. The van der Waals surface area contributed by atoms with E-state index in [0.29, 0.717) is 5.69 Å². The molecular formula is C12H17N3O. The Morgan fingerprint density at radius 1 is 1.31 bits per heavy atom. The van der Waals surface area contributed by atoms with E-state index in [2.05, 4.69) is 9.97 Å². The first-order valence-corrected chi connectivity index (χ1v) is 5.65. The van der Waals surface area contributed by atoms with E-state index < -0.39 is 0 Å². The molecule has 1 aromatic rings. The fourth-order valence-electron chi connectivity index (χ4n) is 2.49. The highest BCUT2D eigenvalue weighted by molar-refractivity contribution is 6.01. The standard InChI is InChI=1S/C12H17N3O/c1-15(2)12(5-3-4-6-12)11(16)10-9-13-7-8-14-10/h7-9H,3-6H2,1-2H3. The number of carbonyl (C=O) groups is 1. The zero-order valence-corrected chi connectivity index (χ0v) is 9.81. The monoisotopic (exact) mass is 219 g/mol. The van der Waals surface area contributed by atoms with Crippen molar-refractivity contribution in [3.05, 3.63) is 24.3 Å². The number of nitrogens with zero attached hydrogens (tertiary/aromatic N) is 3. The van der Waals surface area contributed by atoms with Gasteiger partial charge in [-0.2, -0.15) is 0 Å². The summed E-state index contributed by atoms with van der Waals surface area (Å²) in [6.07, 6.45) is 8.81. The van der Waals surface area contributed by atoms with Gasteiger partial charge in [-0.15, -0.1) is 0 Å². The third kappa shape index (κ3) is 1.73. The van der Waals surface area contributed by atoms with Gasteiger partial charge in [-0.3, -0.25) is 14.7 Å². The molecule has 4 nitrogen and oxygen atoms in total. The van der Waals surface area contributed by atoms with E-state index in [-0.39, 0.29) is 11.3 Å². The van der Waals surface area contributed by atoms with E-state index in [0.717, 1.165) is 25.7 Å². The first-order chi connectivity index (χ1) is 7.67. The van der Waals surface area contributed by atoms with Crippen LogP contribution >= 0.6 is 0 Å². The highest BCUT2D eigenvalue weighted by Gasteiger charge is 2.43. The molecule has 0 saturated heterocycles. The van der Waals surface area contributed by atoms with Crippen LogP contribution in [-0.2, 0) is 0 Å². The lowest BCUT2D eigenvalue weighted by molar-refractivity contribution is 0.0687. The maximum absolute atomic E-state index is 12.5. The molecule has 2 rings (SSSR count). The zero-order valence-electron chi connectivity index (χ0n) is 9.81. The number of hydrogen-bond donors (Lipinski definition) is 0. The molecule has 1 fully saturated rings. The molecule has 1 aliphatic carbocycles.